The minimum atomic E-state index is -0.662. The average Bonchev–Trinajstić information content (AvgIpc) is 3.23. The number of benzene rings is 2. The molecule has 0 atom stereocenters. The number of halogens is 1. The molecule has 3 aromatic rings. The first kappa shape index (κ1) is 20.1. The third-order valence-electron chi connectivity index (χ3n) is 5.92. The van der Waals surface area contributed by atoms with Crippen LogP contribution in [0, 0.1) is 0 Å². The predicted molar refractivity (Wildman–Crippen MR) is 118 cm³/mol. The van der Waals surface area contributed by atoms with E-state index in [0.717, 1.165) is 73.6 Å². The minimum Gasteiger partial charge on any atom is -0.385 e. The summed E-state index contributed by atoms with van der Waals surface area (Å²) in [4.78, 5) is 2.47. The molecule has 5 heteroatoms. The Kier molecular flexibility index (Phi) is 6.34. The number of rotatable bonds is 7. The molecule has 1 aliphatic rings. The van der Waals surface area contributed by atoms with Gasteiger partial charge in [-0.2, -0.15) is 5.10 Å². The molecule has 1 fully saturated rings. The summed E-state index contributed by atoms with van der Waals surface area (Å²) in [6.45, 7) is 3.91. The van der Waals surface area contributed by atoms with Crippen LogP contribution in [0.15, 0.2) is 67.0 Å². The molecule has 1 saturated heterocycles. The second kappa shape index (κ2) is 9.12. The Bertz CT molecular complexity index is 899. The Balaban J connectivity index is 1.20. The quantitative estimate of drug-likeness (QED) is 0.560. The van der Waals surface area contributed by atoms with E-state index in [4.69, 9.17) is 11.6 Å². The van der Waals surface area contributed by atoms with Gasteiger partial charge >= 0.3 is 0 Å². The Labute approximate surface area is 177 Å². The van der Waals surface area contributed by atoms with E-state index >= 15 is 0 Å². The Morgan fingerprint density at radius 3 is 2.31 bits per heavy atom. The van der Waals surface area contributed by atoms with Crippen LogP contribution in [0.25, 0.3) is 11.1 Å². The Morgan fingerprint density at radius 1 is 0.897 bits per heavy atom. The topological polar surface area (TPSA) is 41.3 Å². The van der Waals surface area contributed by atoms with E-state index in [1.807, 2.05) is 65.5 Å². The molecule has 0 spiro atoms. The van der Waals surface area contributed by atoms with Crippen molar-refractivity contribution in [2.45, 2.75) is 37.8 Å². The number of nitrogens with zero attached hydrogens (tertiary/aromatic N) is 3. The van der Waals surface area contributed by atoms with Gasteiger partial charge in [0.05, 0.1) is 11.8 Å². The summed E-state index contributed by atoms with van der Waals surface area (Å²) in [5.41, 5.74) is 2.65. The van der Waals surface area contributed by atoms with Crippen LogP contribution in [-0.2, 0) is 12.1 Å². The van der Waals surface area contributed by atoms with Gasteiger partial charge in [-0.05, 0) is 55.5 Å². The molecule has 4 rings (SSSR count). The minimum absolute atomic E-state index is 0.662. The van der Waals surface area contributed by atoms with Gasteiger partial charge in [0, 0.05) is 36.4 Å². The third-order valence-corrected chi connectivity index (χ3v) is 6.17. The maximum Gasteiger partial charge on any atom is 0.0920 e. The van der Waals surface area contributed by atoms with Crippen molar-refractivity contribution in [2.75, 3.05) is 19.6 Å². The first-order chi connectivity index (χ1) is 14.1. The molecule has 0 radical (unpaired) electrons. The molecular formula is C24H28ClN3O. The van der Waals surface area contributed by atoms with Gasteiger partial charge in [0.1, 0.15) is 0 Å². The summed E-state index contributed by atoms with van der Waals surface area (Å²) < 4.78 is 2.02. The van der Waals surface area contributed by atoms with Crippen LogP contribution in [-0.4, -0.2) is 39.4 Å². The Hall–Kier alpha value is -2.14. The molecule has 1 aromatic heterocycles. The van der Waals surface area contributed by atoms with Crippen LogP contribution >= 0.6 is 11.6 Å². The molecule has 152 valence electrons. The first-order valence-corrected chi connectivity index (χ1v) is 10.8. The van der Waals surface area contributed by atoms with Gasteiger partial charge in [0.2, 0.25) is 0 Å². The standard InChI is InChI=1S/C24H28ClN3O/c25-23-10-8-20(9-11-23)21-18-26-28(19-21)15-5-4-14-27-16-12-24(29,13-17-27)22-6-2-1-3-7-22/h1-3,6-11,18-19,29H,4-5,12-17H2. The van der Waals surface area contributed by atoms with Gasteiger partial charge in [-0.15, -0.1) is 0 Å². The largest absolute Gasteiger partial charge is 0.385 e. The van der Waals surface area contributed by atoms with Crippen LogP contribution < -0.4 is 0 Å². The SMILES string of the molecule is OC1(c2ccccc2)CCN(CCCCn2cc(-c3ccc(Cl)cc3)cn2)CC1. The summed E-state index contributed by atoms with van der Waals surface area (Å²) >= 11 is 5.96. The van der Waals surface area contributed by atoms with E-state index in [0.29, 0.717) is 0 Å². The third kappa shape index (κ3) is 5.08. The second-order valence-corrected chi connectivity index (χ2v) is 8.38. The van der Waals surface area contributed by atoms with Crippen molar-refractivity contribution in [3.8, 4) is 11.1 Å². The van der Waals surface area contributed by atoms with E-state index in [2.05, 4.69) is 16.2 Å². The fourth-order valence-electron chi connectivity index (χ4n) is 4.07. The number of likely N-dealkylation sites (tertiary alicyclic amines) is 1. The number of aryl methyl sites for hydroxylation is 1. The molecule has 1 N–H and O–H groups in total. The van der Waals surface area contributed by atoms with Gasteiger partial charge in [0.15, 0.2) is 0 Å². The molecule has 2 heterocycles. The highest BCUT2D eigenvalue weighted by Crippen LogP contribution is 2.32. The van der Waals surface area contributed by atoms with Gasteiger partial charge < -0.3 is 10.0 Å². The van der Waals surface area contributed by atoms with Gasteiger partial charge in [-0.25, -0.2) is 0 Å². The van der Waals surface area contributed by atoms with Gasteiger partial charge in [0.25, 0.3) is 0 Å². The van der Waals surface area contributed by atoms with Crippen molar-refractivity contribution in [3.63, 3.8) is 0 Å². The van der Waals surface area contributed by atoms with Crippen LogP contribution in [0.5, 0.6) is 0 Å². The van der Waals surface area contributed by atoms with E-state index in [-0.39, 0.29) is 0 Å². The molecule has 4 nitrogen and oxygen atoms in total. The van der Waals surface area contributed by atoms with Gasteiger partial charge in [-0.1, -0.05) is 54.1 Å². The molecule has 0 saturated carbocycles. The number of hydrogen-bond donors (Lipinski definition) is 1. The molecule has 0 unspecified atom stereocenters. The number of aliphatic hydroxyl groups is 1. The predicted octanol–water partition coefficient (Wildman–Crippen LogP) is 4.97. The smallest absolute Gasteiger partial charge is 0.0920 e. The summed E-state index contributed by atoms with van der Waals surface area (Å²) in [5, 5.41) is 16.2. The normalized spacial score (nSPS) is 16.8. The highest BCUT2D eigenvalue weighted by Gasteiger charge is 2.33. The van der Waals surface area contributed by atoms with Gasteiger partial charge in [-0.3, -0.25) is 4.68 Å². The van der Waals surface area contributed by atoms with Crippen LogP contribution in [0.1, 0.15) is 31.2 Å². The zero-order valence-electron chi connectivity index (χ0n) is 16.7. The molecular weight excluding hydrogens is 382 g/mol. The molecule has 29 heavy (non-hydrogen) atoms. The van der Waals surface area contributed by atoms with Crippen molar-refractivity contribution in [2.24, 2.45) is 0 Å². The summed E-state index contributed by atoms with van der Waals surface area (Å²) in [5.74, 6) is 0. The fraction of sp³-hybridized carbons (Fsp3) is 0.375. The molecule has 0 amide bonds. The van der Waals surface area contributed by atoms with E-state index in [1.54, 1.807) is 0 Å². The lowest BCUT2D eigenvalue weighted by Crippen LogP contribution is -2.42. The lowest BCUT2D eigenvalue weighted by atomic mass is 9.84. The first-order valence-electron chi connectivity index (χ1n) is 10.4. The van der Waals surface area contributed by atoms with Crippen LogP contribution in [0.2, 0.25) is 5.02 Å². The molecule has 0 aliphatic carbocycles. The van der Waals surface area contributed by atoms with Crippen molar-refractivity contribution in [1.82, 2.24) is 14.7 Å². The highest BCUT2D eigenvalue weighted by molar-refractivity contribution is 6.30. The van der Waals surface area contributed by atoms with Crippen LogP contribution in [0.4, 0.5) is 0 Å². The fourth-order valence-corrected chi connectivity index (χ4v) is 4.20. The monoisotopic (exact) mass is 409 g/mol. The maximum atomic E-state index is 10.9. The van der Waals surface area contributed by atoms with E-state index in [9.17, 15) is 5.11 Å². The maximum absolute atomic E-state index is 10.9. The Morgan fingerprint density at radius 2 is 1.59 bits per heavy atom. The summed E-state index contributed by atoms with van der Waals surface area (Å²) in [6.07, 6.45) is 7.87. The number of aromatic nitrogens is 2. The second-order valence-electron chi connectivity index (χ2n) is 7.95. The summed E-state index contributed by atoms with van der Waals surface area (Å²) in [6, 6.07) is 18.0. The molecule has 2 aromatic carbocycles. The number of unbranched alkanes of at least 4 members (excludes halogenated alkanes) is 1. The zero-order valence-corrected chi connectivity index (χ0v) is 17.4. The molecule has 1 aliphatic heterocycles. The van der Waals surface area contributed by atoms with Crippen LogP contribution in [0.3, 0.4) is 0 Å². The number of hydrogen-bond acceptors (Lipinski definition) is 3. The van der Waals surface area contributed by atoms with Crippen molar-refractivity contribution in [1.29, 1.82) is 0 Å². The average molecular weight is 410 g/mol. The van der Waals surface area contributed by atoms with E-state index < -0.39 is 5.60 Å². The van der Waals surface area contributed by atoms with Crippen molar-refractivity contribution >= 4 is 11.6 Å². The number of piperidine rings is 1. The zero-order chi connectivity index (χ0) is 20.1. The summed E-state index contributed by atoms with van der Waals surface area (Å²) in [7, 11) is 0. The lowest BCUT2D eigenvalue weighted by Gasteiger charge is -2.38. The van der Waals surface area contributed by atoms with Crippen molar-refractivity contribution in [3.05, 3.63) is 77.6 Å². The highest BCUT2D eigenvalue weighted by atomic mass is 35.5. The lowest BCUT2D eigenvalue weighted by molar-refractivity contribution is -0.0261. The van der Waals surface area contributed by atoms with Crippen molar-refractivity contribution < 1.29 is 5.11 Å². The van der Waals surface area contributed by atoms with E-state index in [1.165, 1.54) is 0 Å². The molecule has 0 bridgehead atoms.